The van der Waals surface area contributed by atoms with E-state index in [0.717, 1.165) is 11.1 Å². The zero-order chi connectivity index (χ0) is 21.4. The van der Waals surface area contributed by atoms with Gasteiger partial charge in [0.15, 0.2) is 26.1 Å². The molecule has 0 radical (unpaired) electrons. The van der Waals surface area contributed by atoms with E-state index in [1.54, 1.807) is 18.2 Å². The first kappa shape index (κ1) is 20.7. The molecule has 1 amide bonds. The number of hydrogen-bond donors (Lipinski definition) is 1. The average Bonchev–Trinajstić information content (AvgIpc) is 3.25. The highest BCUT2D eigenvalue weighted by Gasteiger charge is 2.53. The van der Waals surface area contributed by atoms with E-state index in [2.05, 4.69) is 5.32 Å². The molecule has 0 unspecified atom stereocenters. The number of nitrogens with one attached hydrogen (secondary N) is 1. The highest BCUT2D eigenvalue weighted by Crippen LogP contribution is 2.41. The minimum absolute atomic E-state index is 0.192. The van der Waals surface area contributed by atoms with Crippen LogP contribution < -0.4 is 14.8 Å². The summed E-state index contributed by atoms with van der Waals surface area (Å²) < 4.78 is 37.3. The molecule has 0 aromatic heterocycles. The Bertz CT molecular complexity index is 1060. The maximum absolute atomic E-state index is 13.6. The molecule has 1 fully saturated rings. The summed E-state index contributed by atoms with van der Waals surface area (Å²) in [6.07, 6.45) is 1.73. The number of ether oxygens (including phenoxy) is 2. The fraction of sp³-hybridized carbons (Fsp3) is 0.435. The molecule has 4 rings (SSSR count). The van der Waals surface area contributed by atoms with Crippen molar-refractivity contribution in [3.05, 3.63) is 53.6 Å². The predicted octanol–water partition coefficient (Wildman–Crippen LogP) is 3.35. The average molecular weight is 430 g/mol. The first-order valence-electron chi connectivity index (χ1n) is 10.3. The van der Waals surface area contributed by atoms with E-state index in [4.69, 9.17) is 9.47 Å². The van der Waals surface area contributed by atoms with Gasteiger partial charge in [-0.25, -0.2) is 8.42 Å². The number of sulfone groups is 1. The maximum atomic E-state index is 13.6. The molecule has 1 heterocycles. The number of carbonyl (C=O) groups excluding carboxylic acids is 1. The number of rotatable bonds is 5. The van der Waals surface area contributed by atoms with Gasteiger partial charge in [-0.3, -0.25) is 4.79 Å². The van der Waals surface area contributed by atoms with Crippen molar-refractivity contribution in [2.24, 2.45) is 0 Å². The Hall–Kier alpha value is -2.54. The van der Waals surface area contributed by atoms with Crippen LogP contribution in [0.15, 0.2) is 47.4 Å². The van der Waals surface area contributed by atoms with Crippen molar-refractivity contribution in [2.75, 3.05) is 13.2 Å². The van der Waals surface area contributed by atoms with E-state index in [1.807, 2.05) is 38.1 Å². The third kappa shape index (κ3) is 3.55. The lowest BCUT2D eigenvalue weighted by Crippen LogP contribution is -2.53. The highest BCUT2D eigenvalue weighted by atomic mass is 32.2. The summed E-state index contributed by atoms with van der Waals surface area (Å²) >= 11 is 0. The normalized spacial score (nSPS) is 20.0. The Morgan fingerprint density at radius 3 is 2.47 bits per heavy atom. The first-order valence-corrected chi connectivity index (χ1v) is 11.8. The van der Waals surface area contributed by atoms with Crippen LogP contribution >= 0.6 is 0 Å². The minimum Gasteiger partial charge on any atom is -0.486 e. The zero-order valence-electron chi connectivity index (χ0n) is 17.3. The molecule has 2 aromatic carbocycles. The van der Waals surface area contributed by atoms with Crippen molar-refractivity contribution in [2.45, 2.75) is 55.3 Å². The molecule has 1 saturated carbocycles. The van der Waals surface area contributed by atoms with Crippen LogP contribution in [0.4, 0.5) is 0 Å². The highest BCUT2D eigenvalue weighted by molar-refractivity contribution is 7.93. The number of hydrogen-bond acceptors (Lipinski definition) is 5. The zero-order valence-corrected chi connectivity index (χ0v) is 18.1. The number of benzene rings is 2. The molecular formula is C23H27NO5S. The maximum Gasteiger partial charge on any atom is 0.241 e. The van der Waals surface area contributed by atoms with E-state index in [9.17, 15) is 13.2 Å². The van der Waals surface area contributed by atoms with Gasteiger partial charge in [0.1, 0.15) is 12.7 Å². The fourth-order valence-corrected chi connectivity index (χ4v) is 6.37. The largest absolute Gasteiger partial charge is 0.486 e. The number of amides is 1. The second kappa shape index (κ2) is 7.95. The Labute approximate surface area is 177 Å². The minimum atomic E-state index is -3.82. The molecule has 1 atom stereocenters. The van der Waals surface area contributed by atoms with Gasteiger partial charge < -0.3 is 14.8 Å². The van der Waals surface area contributed by atoms with Gasteiger partial charge in [0.2, 0.25) is 5.91 Å². The van der Waals surface area contributed by atoms with E-state index in [1.165, 1.54) is 0 Å². The van der Waals surface area contributed by atoms with Crippen LogP contribution in [0, 0.1) is 13.8 Å². The van der Waals surface area contributed by atoms with Gasteiger partial charge in [0.05, 0.1) is 11.4 Å². The molecule has 6 nitrogen and oxygen atoms in total. The number of fused-ring (bicyclic) bond motifs is 1. The summed E-state index contributed by atoms with van der Waals surface area (Å²) in [5, 5.41) is 2.84. The quantitative estimate of drug-likeness (QED) is 0.788. The standard InChI is InChI=1S/C23H27NO5S/c1-16-9-10-19(13-17(16)2)30(26,27)23(11-5-6-12-23)22(25)24-14-18-15-28-20-7-3-4-8-21(20)29-18/h3-4,7-10,13,18H,5-6,11-12,14-15H2,1-2H3,(H,24,25)/t18-/m1/s1. The molecule has 1 aliphatic carbocycles. The Balaban J connectivity index is 1.52. The Kier molecular flexibility index (Phi) is 5.49. The molecule has 0 spiro atoms. The topological polar surface area (TPSA) is 81.7 Å². The number of para-hydroxylation sites is 2. The van der Waals surface area contributed by atoms with Gasteiger partial charge in [-0.15, -0.1) is 0 Å². The summed E-state index contributed by atoms with van der Waals surface area (Å²) in [6, 6.07) is 12.4. The second-order valence-corrected chi connectivity index (χ2v) is 10.4. The van der Waals surface area contributed by atoms with Gasteiger partial charge in [0.25, 0.3) is 0 Å². The molecule has 160 valence electrons. The van der Waals surface area contributed by atoms with Crippen molar-refractivity contribution in [3.63, 3.8) is 0 Å². The summed E-state index contributed by atoms with van der Waals surface area (Å²) in [5.41, 5.74) is 1.92. The SMILES string of the molecule is Cc1ccc(S(=O)(=O)C2(C(=O)NC[C@@H]3COc4ccccc4O3)CCCC2)cc1C. The molecule has 7 heteroatoms. The number of aryl methyl sites for hydroxylation is 2. The molecule has 0 bridgehead atoms. The van der Waals surface area contributed by atoms with Crippen LogP contribution in [0.25, 0.3) is 0 Å². The molecule has 2 aliphatic rings. The van der Waals surface area contributed by atoms with Crippen LogP contribution in [0.3, 0.4) is 0 Å². The fourth-order valence-electron chi connectivity index (χ4n) is 4.20. The van der Waals surface area contributed by atoms with Crippen LogP contribution in [-0.4, -0.2) is 38.3 Å². The van der Waals surface area contributed by atoms with Gasteiger partial charge >= 0.3 is 0 Å². The van der Waals surface area contributed by atoms with E-state index in [-0.39, 0.29) is 17.5 Å². The van der Waals surface area contributed by atoms with Crippen LogP contribution in [0.1, 0.15) is 36.8 Å². The monoisotopic (exact) mass is 429 g/mol. The van der Waals surface area contributed by atoms with Gasteiger partial charge in [-0.1, -0.05) is 31.0 Å². The van der Waals surface area contributed by atoms with Crippen LogP contribution in [-0.2, 0) is 14.6 Å². The van der Waals surface area contributed by atoms with Gasteiger partial charge in [0, 0.05) is 0 Å². The molecule has 1 aliphatic heterocycles. The van der Waals surface area contributed by atoms with Crippen LogP contribution in [0.2, 0.25) is 0 Å². The van der Waals surface area contributed by atoms with Crippen molar-refractivity contribution >= 4 is 15.7 Å². The van der Waals surface area contributed by atoms with Crippen LogP contribution in [0.5, 0.6) is 11.5 Å². The van der Waals surface area contributed by atoms with Crippen molar-refractivity contribution in [1.82, 2.24) is 5.32 Å². The van der Waals surface area contributed by atoms with Gasteiger partial charge in [-0.05, 0) is 62.1 Å². The Morgan fingerprint density at radius 1 is 1.07 bits per heavy atom. The summed E-state index contributed by atoms with van der Waals surface area (Å²) in [6.45, 7) is 4.31. The lowest BCUT2D eigenvalue weighted by molar-refractivity contribution is -0.124. The summed E-state index contributed by atoms with van der Waals surface area (Å²) in [7, 11) is -3.82. The lowest BCUT2D eigenvalue weighted by Gasteiger charge is -2.30. The predicted molar refractivity (Wildman–Crippen MR) is 114 cm³/mol. The lowest BCUT2D eigenvalue weighted by atomic mass is 10.1. The smallest absolute Gasteiger partial charge is 0.241 e. The van der Waals surface area contributed by atoms with Crippen molar-refractivity contribution in [1.29, 1.82) is 0 Å². The van der Waals surface area contributed by atoms with E-state index >= 15 is 0 Å². The molecule has 1 N–H and O–H groups in total. The van der Waals surface area contributed by atoms with E-state index in [0.29, 0.717) is 43.8 Å². The molecule has 2 aromatic rings. The van der Waals surface area contributed by atoms with Crippen molar-refractivity contribution in [3.8, 4) is 11.5 Å². The first-order chi connectivity index (χ1) is 14.3. The van der Waals surface area contributed by atoms with Crippen molar-refractivity contribution < 1.29 is 22.7 Å². The Morgan fingerprint density at radius 2 is 1.77 bits per heavy atom. The molecule has 30 heavy (non-hydrogen) atoms. The third-order valence-electron chi connectivity index (χ3n) is 6.19. The second-order valence-electron chi connectivity index (χ2n) is 8.16. The third-order valence-corrected chi connectivity index (χ3v) is 8.68. The van der Waals surface area contributed by atoms with E-state index < -0.39 is 20.5 Å². The molecule has 0 saturated heterocycles. The summed E-state index contributed by atoms with van der Waals surface area (Å²) in [4.78, 5) is 13.5. The summed E-state index contributed by atoms with van der Waals surface area (Å²) in [5.74, 6) is 0.853. The molecular weight excluding hydrogens is 402 g/mol. The van der Waals surface area contributed by atoms with Gasteiger partial charge in [-0.2, -0.15) is 0 Å². The number of carbonyl (C=O) groups is 1.